The van der Waals surface area contributed by atoms with Gasteiger partial charge >= 0.3 is 0 Å². The average molecular weight is 205 g/mol. The van der Waals surface area contributed by atoms with Gasteiger partial charge in [-0.1, -0.05) is 32.0 Å². The van der Waals surface area contributed by atoms with Gasteiger partial charge in [0.2, 0.25) is 0 Å². The second-order valence-electron chi connectivity index (χ2n) is 4.26. The van der Waals surface area contributed by atoms with Crippen molar-refractivity contribution in [3.63, 3.8) is 0 Å². The third-order valence-electron chi connectivity index (χ3n) is 3.51. The number of hydrogen-bond donors (Lipinski definition) is 1. The molecule has 0 saturated heterocycles. The number of para-hydroxylation sites is 1. The maximum atomic E-state index is 6.41. The summed E-state index contributed by atoms with van der Waals surface area (Å²) >= 11 is 0. The van der Waals surface area contributed by atoms with Crippen LogP contribution in [0, 0.1) is 0 Å². The van der Waals surface area contributed by atoms with Gasteiger partial charge in [0.05, 0.1) is 6.61 Å². The Bertz CT molecular complexity index is 356. The second-order valence-corrected chi connectivity index (χ2v) is 4.26. The summed E-state index contributed by atoms with van der Waals surface area (Å²) in [6.45, 7) is 5.07. The highest BCUT2D eigenvalue weighted by Gasteiger charge is 2.29. The molecule has 0 amide bonds. The van der Waals surface area contributed by atoms with Gasteiger partial charge in [-0.25, -0.2) is 0 Å². The van der Waals surface area contributed by atoms with Crippen LogP contribution in [-0.2, 0) is 12.0 Å². The smallest absolute Gasteiger partial charge is 0.127 e. The summed E-state index contributed by atoms with van der Waals surface area (Å²) in [4.78, 5) is 0. The van der Waals surface area contributed by atoms with E-state index in [-0.39, 0.29) is 5.54 Å². The minimum absolute atomic E-state index is 0.227. The highest BCUT2D eigenvalue weighted by atomic mass is 16.5. The zero-order chi connectivity index (χ0) is 10.9. The van der Waals surface area contributed by atoms with Gasteiger partial charge in [0.15, 0.2) is 0 Å². The topological polar surface area (TPSA) is 35.2 Å². The van der Waals surface area contributed by atoms with Gasteiger partial charge in [0.1, 0.15) is 5.75 Å². The third-order valence-corrected chi connectivity index (χ3v) is 3.51. The van der Waals surface area contributed by atoms with E-state index in [2.05, 4.69) is 32.0 Å². The summed E-state index contributed by atoms with van der Waals surface area (Å²) in [5.74, 6) is 1.05. The standard InChI is InChI=1S/C13H19NO/c1-3-13(14,4-2)11-7-5-6-10-8-9-15-12(10)11/h5-7H,3-4,8-9,14H2,1-2H3. The van der Waals surface area contributed by atoms with E-state index in [0.717, 1.165) is 31.6 Å². The number of rotatable bonds is 3. The molecule has 15 heavy (non-hydrogen) atoms. The molecule has 1 heterocycles. The zero-order valence-electron chi connectivity index (χ0n) is 9.55. The zero-order valence-corrected chi connectivity index (χ0v) is 9.55. The van der Waals surface area contributed by atoms with Crippen molar-refractivity contribution < 1.29 is 4.74 Å². The molecule has 1 aromatic rings. The highest BCUT2D eigenvalue weighted by Crippen LogP contribution is 2.38. The van der Waals surface area contributed by atoms with E-state index in [1.807, 2.05) is 0 Å². The predicted molar refractivity (Wildman–Crippen MR) is 62.1 cm³/mol. The van der Waals surface area contributed by atoms with E-state index in [9.17, 15) is 0 Å². The molecular formula is C13H19NO. The fourth-order valence-corrected chi connectivity index (χ4v) is 2.24. The van der Waals surface area contributed by atoms with Crippen LogP contribution in [0.3, 0.4) is 0 Å². The van der Waals surface area contributed by atoms with Crippen LogP contribution in [0.1, 0.15) is 37.8 Å². The van der Waals surface area contributed by atoms with Crippen molar-refractivity contribution >= 4 is 0 Å². The summed E-state index contributed by atoms with van der Waals surface area (Å²) in [6.07, 6.45) is 2.92. The SMILES string of the molecule is CCC(N)(CC)c1cccc2c1OCC2. The Labute approximate surface area is 91.4 Å². The maximum absolute atomic E-state index is 6.41. The van der Waals surface area contributed by atoms with E-state index >= 15 is 0 Å². The van der Waals surface area contributed by atoms with Crippen molar-refractivity contribution in [2.75, 3.05) is 6.61 Å². The van der Waals surface area contributed by atoms with Crippen molar-refractivity contribution in [2.45, 2.75) is 38.6 Å². The molecule has 0 saturated carbocycles. The van der Waals surface area contributed by atoms with E-state index in [0.29, 0.717) is 0 Å². The molecule has 0 unspecified atom stereocenters. The summed E-state index contributed by atoms with van der Waals surface area (Å²) in [5, 5.41) is 0. The first kappa shape index (κ1) is 10.5. The molecule has 0 aromatic heterocycles. The highest BCUT2D eigenvalue weighted by molar-refractivity contribution is 5.47. The number of ether oxygens (including phenoxy) is 1. The number of nitrogens with two attached hydrogens (primary N) is 1. The van der Waals surface area contributed by atoms with Crippen LogP contribution in [0.2, 0.25) is 0 Å². The van der Waals surface area contributed by atoms with Crippen LogP contribution in [0.15, 0.2) is 18.2 Å². The molecule has 2 nitrogen and oxygen atoms in total. The fourth-order valence-electron chi connectivity index (χ4n) is 2.24. The molecule has 2 heteroatoms. The van der Waals surface area contributed by atoms with Gasteiger partial charge in [-0.15, -0.1) is 0 Å². The lowest BCUT2D eigenvalue weighted by atomic mass is 9.84. The monoisotopic (exact) mass is 205 g/mol. The molecule has 1 aliphatic rings. The molecule has 0 radical (unpaired) electrons. The number of hydrogen-bond acceptors (Lipinski definition) is 2. The third kappa shape index (κ3) is 1.63. The molecule has 0 aliphatic carbocycles. The molecule has 1 aromatic carbocycles. The van der Waals surface area contributed by atoms with Gasteiger partial charge in [-0.3, -0.25) is 0 Å². The van der Waals surface area contributed by atoms with Crippen molar-refractivity contribution in [1.82, 2.24) is 0 Å². The quantitative estimate of drug-likeness (QED) is 0.823. The molecule has 0 fully saturated rings. The van der Waals surface area contributed by atoms with E-state index < -0.39 is 0 Å². The molecule has 0 bridgehead atoms. The summed E-state index contributed by atoms with van der Waals surface area (Å²) in [7, 11) is 0. The van der Waals surface area contributed by atoms with E-state index in [1.165, 1.54) is 11.1 Å². The second kappa shape index (κ2) is 3.86. The Morgan fingerprint density at radius 1 is 1.33 bits per heavy atom. The fraction of sp³-hybridized carbons (Fsp3) is 0.538. The van der Waals surface area contributed by atoms with Crippen molar-refractivity contribution in [3.8, 4) is 5.75 Å². The van der Waals surface area contributed by atoms with Gasteiger partial charge in [-0.05, 0) is 18.4 Å². The molecule has 2 rings (SSSR count). The van der Waals surface area contributed by atoms with Gasteiger partial charge in [0, 0.05) is 17.5 Å². The van der Waals surface area contributed by atoms with E-state index in [4.69, 9.17) is 10.5 Å². The van der Waals surface area contributed by atoms with Crippen LogP contribution < -0.4 is 10.5 Å². The molecule has 2 N–H and O–H groups in total. The minimum atomic E-state index is -0.227. The lowest BCUT2D eigenvalue weighted by Gasteiger charge is -2.28. The molecule has 0 spiro atoms. The van der Waals surface area contributed by atoms with Crippen LogP contribution in [0.5, 0.6) is 5.75 Å². The molecule has 1 aliphatic heterocycles. The predicted octanol–water partition coefficient (Wildman–Crippen LogP) is 2.60. The van der Waals surface area contributed by atoms with E-state index in [1.54, 1.807) is 0 Å². The Hall–Kier alpha value is -1.02. The first-order valence-corrected chi connectivity index (χ1v) is 5.75. The lowest BCUT2D eigenvalue weighted by Crippen LogP contribution is -2.35. The Balaban J connectivity index is 2.48. The summed E-state index contributed by atoms with van der Waals surface area (Å²) in [5.41, 5.74) is 8.68. The largest absolute Gasteiger partial charge is 0.493 e. The minimum Gasteiger partial charge on any atom is -0.493 e. The van der Waals surface area contributed by atoms with Crippen LogP contribution in [0.25, 0.3) is 0 Å². The van der Waals surface area contributed by atoms with Crippen LogP contribution >= 0.6 is 0 Å². The van der Waals surface area contributed by atoms with Gasteiger partial charge < -0.3 is 10.5 Å². The first-order chi connectivity index (χ1) is 7.21. The summed E-state index contributed by atoms with van der Waals surface area (Å²) in [6, 6.07) is 6.34. The van der Waals surface area contributed by atoms with Crippen molar-refractivity contribution in [2.24, 2.45) is 5.73 Å². The Morgan fingerprint density at radius 3 is 2.73 bits per heavy atom. The van der Waals surface area contributed by atoms with Crippen molar-refractivity contribution in [1.29, 1.82) is 0 Å². The van der Waals surface area contributed by atoms with Crippen LogP contribution in [0.4, 0.5) is 0 Å². The Morgan fingerprint density at radius 2 is 2.07 bits per heavy atom. The molecular weight excluding hydrogens is 186 g/mol. The number of benzene rings is 1. The normalized spacial score (nSPS) is 14.9. The van der Waals surface area contributed by atoms with Crippen LogP contribution in [-0.4, -0.2) is 6.61 Å². The molecule has 0 atom stereocenters. The van der Waals surface area contributed by atoms with Gasteiger partial charge in [0.25, 0.3) is 0 Å². The first-order valence-electron chi connectivity index (χ1n) is 5.75. The van der Waals surface area contributed by atoms with Crippen molar-refractivity contribution in [3.05, 3.63) is 29.3 Å². The Kier molecular flexibility index (Phi) is 2.70. The summed E-state index contributed by atoms with van der Waals surface area (Å²) < 4.78 is 5.70. The average Bonchev–Trinajstić information content (AvgIpc) is 2.75. The lowest BCUT2D eigenvalue weighted by molar-refractivity contribution is 0.332. The molecule has 82 valence electrons. The van der Waals surface area contributed by atoms with Gasteiger partial charge in [-0.2, -0.15) is 0 Å². The maximum Gasteiger partial charge on any atom is 0.127 e. The number of fused-ring (bicyclic) bond motifs is 1.